The standard InChI is InChI=1S/C12H8BrClN2O3/c13-9-2-4-12(17)15(7-9)6-8-1-3-10(16(18)19)5-11(8)14/h1-5,7H,6H2. The molecule has 0 spiro atoms. The Morgan fingerprint density at radius 2 is 2.05 bits per heavy atom. The number of pyridine rings is 1. The molecule has 0 N–H and O–H groups in total. The molecule has 0 bridgehead atoms. The van der Waals surface area contributed by atoms with Crippen LogP contribution in [0.3, 0.4) is 0 Å². The minimum Gasteiger partial charge on any atom is -0.310 e. The van der Waals surface area contributed by atoms with Crippen LogP contribution in [-0.2, 0) is 6.54 Å². The number of nitro benzene ring substituents is 1. The molecule has 0 aliphatic rings. The number of nitro groups is 1. The van der Waals surface area contributed by atoms with Crippen LogP contribution in [0.25, 0.3) is 0 Å². The van der Waals surface area contributed by atoms with E-state index in [0.717, 1.165) is 4.47 Å². The van der Waals surface area contributed by atoms with E-state index < -0.39 is 4.92 Å². The Bertz CT molecular complexity index is 700. The molecule has 0 aliphatic carbocycles. The molecule has 1 heterocycles. The van der Waals surface area contributed by atoms with E-state index in [0.29, 0.717) is 5.56 Å². The van der Waals surface area contributed by atoms with Crippen LogP contribution in [0.5, 0.6) is 0 Å². The van der Waals surface area contributed by atoms with Gasteiger partial charge in [-0.1, -0.05) is 11.6 Å². The first-order valence-electron chi connectivity index (χ1n) is 5.26. The molecule has 1 aromatic heterocycles. The van der Waals surface area contributed by atoms with Crippen molar-refractivity contribution in [3.63, 3.8) is 0 Å². The molecule has 2 aromatic rings. The molecule has 1 aromatic carbocycles. The minimum absolute atomic E-state index is 0.0738. The van der Waals surface area contributed by atoms with Crippen LogP contribution in [-0.4, -0.2) is 9.49 Å². The van der Waals surface area contributed by atoms with Crippen LogP contribution in [0.1, 0.15) is 5.56 Å². The molecule has 0 saturated carbocycles. The fraction of sp³-hybridized carbons (Fsp3) is 0.0833. The van der Waals surface area contributed by atoms with E-state index in [1.165, 1.54) is 22.8 Å². The Morgan fingerprint density at radius 3 is 2.68 bits per heavy atom. The van der Waals surface area contributed by atoms with Crippen LogP contribution < -0.4 is 5.56 Å². The number of halogens is 2. The number of aromatic nitrogens is 1. The second-order valence-corrected chi connectivity index (χ2v) is 5.17. The van der Waals surface area contributed by atoms with Gasteiger partial charge in [0.1, 0.15) is 0 Å². The summed E-state index contributed by atoms with van der Waals surface area (Å²) >= 11 is 9.26. The molecule has 0 aliphatic heterocycles. The van der Waals surface area contributed by atoms with Crippen molar-refractivity contribution in [2.45, 2.75) is 6.54 Å². The monoisotopic (exact) mass is 342 g/mol. The summed E-state index contributed by atoms with van der Waals surface area (Å²) in [6, 6.07) is 7.28. The SMILES string of the molecule is O=c1ccc(Br)cn1Cc1ccc([N+](=O)[O-])cc1Cl. The van der Waals surface area contributed by atoms with Crippen LogP contribution in [0.4, 0.5) is 5.69 Å². The van der Waals surface area contributed by atoms with Crippen molar-refractivity contribution >= 4 is 33.2 Å². The highest BCUT2D eigenvalue weighted by Crippen LogP contribution is 2.23. The molecule has 0 saturated heterocycles. The predicted molar refractivity (Wildman–Crippen MR) is 75.6 cm³/mol. The first kappa shape index (κ1) is 13.8. The van der Waals surface area contributed by atoms with Crippen molar-refractivity contribution in [1.29, 1.82) is 0 Å². The van der Waals surface area contributed by atoms with Crippen LogP contribution in [0, 0.1) is 10.1 Å². The van der Waals surface area contributed by atoms with Gasteiger partial charge in [-0.05, 0) is 33.6 Å². The normalized spacial score (nSPS) is 10.4. The lowest BCUT2D eigenvalue weighted by Crippen LogP contribution is -2.18. The molecule has 5 nitrogen and oxygen atoms in total. The molecule has 0 radical (unpaired) electrons. The summed E-state index contributed by atoms with van der Waals surface area (Å²) in [5.74, 6) is 0. The molecule has 0 unspecified atom stereocenters. The van der Waals surface area contributed by atoms with Crippen LogP contribution in [0.15, 0.2) is 45.8 Å². The van der Waals surface area contributed by atoms with Gasteiger partial charge < -0.3 is 4.57 Å². The molecule has 0 fully saturated rings. The first-order chi connectivity index (χ1) is 8.97. The Kier molecular flexibility index (Phi) is 4.01. The molecular formula is C12H8BrClN2O3. The fourth-order valence-corrected chi connectivity index (χ4v) is 2.20. The quantitative estimate of drug-likeness (QED) is 0.635. The van der Waals surface area contributed by atoms with E-state index in [1.807, 2.05) is 0 Å². The summed E-state index contributed by atoms with van der Waals surface area (Å²) in [4.78, 5) is 21.7. The summed E-state index contributed by atoms with van der Waals surface area (Å²) in [6.45, 7) is 0.259. The molecule has 7 heteroatoms. The minimum atomic E-state index is -0.513. The van der Waals surface area contributed by atoms with Crippen molar-refractivity contribution in [3.05, 3.63) is 72.1 Å². The molecule has 2 rings (SSSR count). The number of rotatable bonds is 3. The smallest absolute Gasteiger partial charge is 0.270 e. The van der Waals surface area contributed by atoms with Gasteiger partial charge in [0.15, 0.2) is 0 Å². The Labute approximate surface area is 121 Å². The number of non-ortho nitro benzene ring substituents is 1. The highest BCUT2D eigenvalue weighted by molar-refractivity contribution is 9.10. The van der Waals surface area contributed by atoms with Gasteiger partial charge in [-0.2, -0.15) is 0 Å². The van der Waals surface area contributed by atoms with Crippen molar-refractivity contribution < 1.29 is 4.92 Å². The second-order valence-electron chi connectivity index (χ2n) is 3.85. The maximum atomic E-state index is 11.7. The molecule has 0 atom stereocenters. The van der Waals surface area contributed by atoms with Crippen molar-refractivity contribution in [2.24, 2.45) is 0 Å². The Balaban J connectivity index is 2.36. The van der Waals surface area contributed by atoms with E-state index in [4.69, 9.17) is 11.6 Å². The molecular weight excluding hydrogens is 336 g/mol. The lowest BCUT2D eigenvalue weighted by molar-refractivity contribution is -0.384. The van der Waals surface area contributed by atoms with E-state index in [1.54, 1.807) is 18.3 Å². The van der Waals surface area contributed by atoms with Crippen molar-refractivity contribution in [3.8, 4) is 0 Å². The van der Waals surface area contributed by atoms with Gasteiger partial charge >= 0.3 is 0 Å². The predicted octanol–water partition coefficient (Wildman–Crippen LogP) is 3.22. The number of hydrogen-bond acceptors (Lipinski definition) is 3. The third kappa shape index (κ3) is 3.21. The Hall–Kier alpha value is -1.66. The first-order valence-corrected chi connectivity index (χ1v) is 6.43. The summed E-state index contributed by atoms with van der Waals surface area (Å²) in [5, 5.41) is 10.9. The van der Waals surface area contributed by atoms with E-state index in [2.05, 4.69) is 15.9 Å². The molecule has 19 heavy (non-hydrogen) atoms. The third-order valence-corrected chi connectivity index (χ3v) is 3.36. The fourth-order valence-electron chi connectivity index (χ4n) is 1.59. The number of nitrogens with zero attached hydrogens (tertiary/aromatic N) is 2. The number of hydrogen-bond donors (Lipinski definition) is 0. The van der Waals surface area contributed by atoms with Gasteiger partial charge in [0.05, 0.1) is 16.5 Å². The second kappa shape index (κ2) is 5.54. The zero-order chi connectivity index (χ0) is 14.0. The zero-order valence-corrected chi connectivity index (χ0v) is 11.9. The average molecular weight is 344 g/mol. The average Bonchev–Trinajstić information content (AvgIpc) is 2.36. The van der Waals surface area contributed by atoms with E-state index in [9.17, 15) is 14.9 Å². The van der Waals surface area contributed by atoms with Gasteiger partial charge in [-0.15, -0.1) is 0 Å². The van der Waals surface area contributed by atoms with Crippen LogP contribution in [0.2, 0.25) is 5.02 Å². The summed E-state index contributed by atoms with van der Waals surface area (Å²) in [7, 11) is 0. The largest absolute Gasteiger partial charge is 0.310 e. The Morgan fingerprint density at radius 1 is 1.32 bits per heavy atom. The number of benzene rings is 1. The van der Waals surface area contributed by atoms with Gasteiger partial charge in [-0.3, -0.25) is 14.9 Å². The van der Waals surface area contributed by atoms with Crippen LogP contribution >= 0.6 is 27.5 Å². The highest BCUT2D eigenvalue weighted by atomic mass is 79.9. The van der Waals surface area contributed by atoms with E-state index >= 15 is 0 Å². The topological polar surface area (TPSA) is 65.1 Å². The summed E-state index contributed by atoms with van der Waals surface area (Å²) < 4.78 is 2.24. The zero-order valence-electron chi connectivity index (χ0n) is 9.55. The van der Waals surface area contributed by atoms with Crippen molar-refractivity contribution in [2.75, 3.05) is 0 Å². The van der Waals surface area contributed by atoms with Crippen molar-refractivity contribution in [1.82, 2.24) is 4.57 Å². The lowest BCUT2D eigenvalue weighted by Gasteiger charge is -2.07. The summed E-state index contributed by atoms with van der Waals surface area (Å²) in [5.41, 5.74) is 0.403. The third-order valence-electron chi connectivity index (χ3n) is 2.54. The summed E-state index contributed by atoms with van der Waals surface area (Å²) in [6.07, 6.45) is 1.64. The van der Waals surface area contributed by atoms with Gasteiger partial charge in [-0.25, -0.2) is 0 Å². The van der Waals surface area contributed by atoms with Gasteiger partial charge in [0.2, 0.25) is 0 Å². The maximum absolute atomic E-state index is 11.7. The molecule has 98 valence electrons. The highest BCUT2D eigenvalue weighted by Gasteiger charge is 2.10. The van der Waals surface area contributed by atoms with Gasteiger partial charge in [0, 0.05) is 28.9 Å². The van der Waals surface area contributed by atoms with Gasteiger partial charge in [0.25, 0.3) is 11.2 Å². The van der Waals surface area contributed by atoms with E-state index in [-0.39, 0.29) is 22.8 Å². The molecule has 0 amide bonds. The lowest BCUT2D eigenvalue weighted by atomic mass is 10.2. The maximum Gasteiger partial charge on any atom is 0.270 e.